The summed E-state index contributed by atoms with van der Waals surface area (Å²) in [6, 6.07) is 22.0. The van der Waals surface area contributed by atoms with E-state index in [1.165, 1.54) is 5.56 Å². The van der Waals surface area contributed by atoms with E-state index < -0.39 is 0 Å². The van der Waals surface area contributed by atoms with Gasteiger partial charge < -0.3 is 13.6 Å². The van der Waals surface area contributed by atoms with Crippen LogP contribution in [0, 0.1) is 0 Å². The fraction of sp³-hybridized carbons (Fsp3) is 0.192. The Morgan fingerprint density at radius 3 is 2.52 bits per heavy atom. The van der Waals surface area contributed by atoms with E-state index in [2.05, 4.69) is 34.2 Å². The van der Waals surface area contributed by atoms with Crippen molar-refractivity contribution < 1.29 is 9.15 Å². The van der Waals surface area contributed by atoms with Crippen molar-refractivity contribution in [1.82, 2.24) is 19.6 Å². The Labute approximate surface area is 196 Å². The van der Waals surface area contributed by atoms with Crippen LogP contribution in [0.3, 0.4) is 0 Å². The van der Waals surface area contributed by atoms with Crippen LogP contribution in [0.1, 0.15) is 31.5 Å². The molecule has 0 amide bonds. The second kappa shape index (κ2) is 9.46. The summed E-state index contributed by atoms with van der Waals surface area (Å²) in [6.45, 7) is 2.35. The number of hydrogen-bond acceptors (Lipinski definition) is 5. The van der Waals surface area contributed by atoms with E-state index in [1.54, 1.807) is 0 Å². The number of halogens is 1. The van der Waals surface area contributed by atoms with Gasteiger partial charge in [-0.2, -0.15) is 0 Å². The largest absolute Gasteiger partial charge is 0.484 e. The smallest absolute Gasteiger partial charge is 0.254 e. The highest BCUT2D eigenvalue weighted by Crippen LogP contribution is 2.26. The van der Waals surface area contributed by atoms with Gasteiger partial charge in [0.1, 0.15) is 11.6 Å². The third-order valence-corrected chi connectivity index (χ3v) is 5.74. The zero-order chi connectivity index (χ0) is 22.6. The Hall–Kier alpha value is -3.64. The molecule has 0 atom stereocenters. The molecule has 0 unspecified atom stereocenters. The number of pyridine rings is 1. The summed E-state index contributed by atoms with van der Waals surface area (Å²) in [5.41, 5.74) is 3.92. The molecule has 7 heteroatoms. The topological polar surface area (TPSA) is 65.5 Å². The lowest BCUT2D eigenvalue weighted by molar-refractivity contribution is 0.264. The van der Waals surface area contributed by atoms with Crippen LogP contribution in [0.2, 0.25) is 5.15 Å². The van der Waals surface area contributed by atoms with E-state index >= 15 is 0 Å². The molecule has 0 radical (unpaired) electrons. The van der Waals surface area contributed by atoms with Gasteiger partial charge in [0, 0.05) is 18.2 Å². The van der Waals surface area contributed by atoms with Crippen LogP contribution in [0.4, 0.5) is 0 Å². The maximum Gasteiger partial charge on any atom is 0.254 e. The molecule has 0 N–H and O–H groups in total. The number of aromatic nitrogens is 4. The van der Waals surface area contributed by atoms with Crippen LogP contribution in [-0.4, -0.2) is 19.6 Å². The Kier molecular flexibility index (Phi) is 6.09. The molecule has 0 bridgehead atoms. The predicted molar refractivity (Wildman–Crippen MR) is 128 cm³/mol. The maximum atomic E-state index is 6.37. The fourth-order valence-corrected chi connectivity index (χ4v) is 3.94. The van der Waals surface area contributed by atoms with E-state index in [9.17, 15) is 0 Å². The number of unbranched alkanes of at least 4 members (excludes halogenated alkanes) is 1. The molecule has 0 aliphatic rings. The highest BCUT2D eigenvalue weighted by atomic mass is 35.5. The van der Waals surface area contributed by atoms with Crippen molar-refractivity contribution in [2.75, 3.05) is 0 Å². The molecule has 5 rings (SSSR count). The molecule has 0 spiro atoms. The molecule has 166 valence electrons. The predicted octanol–water partition coefficient (Wildman–Crippen LogP) is 6.63. The molecule has 0 aliphatic heterocycles. The fourth-order valence-electron chi connectivity index (χ4n) is 3.70. The second-order valence-corrected chi connectivity index (χ2v) is 8.13. The Morgan fingerprint density at radius 1 is 0.939 bits per heavy atom. The van der Waals surface area contributed by atoms with E-state index in [0.29, 0.717) is 16.9 Å². The molecular weight excluding hydrogens is 436 g/mol. The highest BCUT2D eigenvalue weighted by molar-refractivity contribution is 6.32. The molecule has 3 aromatic heterocycles. The van der Waals surface area contributed by atoms with Crippen molar-refractivity contribution in [3.05, 3.63) is 89.8 Å². The molecule has 5 aromatic rings. The van der Waals surface area contributed by atoms with Gasteiger partial charge in [-0.05, 0) is 41.8 Å². The SMILES string of the molecule is CCCCc1nc(Cl)c2cc(-c3nnc(COc4ccc(-c5ccccc5)cc4)o3)ccn12. The first-order valence-electron chi connectivity index (χ1n) is 11.0. The van der Waals surface area contributed by atoms with Crippen molar-refractivity contribution in [2.45, 2.75) is 32.8 Å². The highest BCUT2D eigenvalue weighted by Gasteiger charge is 2.14. The standard InChI is InChI=1S/C26H23ClN4O2/c1-2-3-9-23-28-25(27)22-16-20(14-15-31(22)23)26-30-29-24(33-26)17-32-21-12-10-19(11-13-21)18-7-5-4-6-8-18/h4-8,10-16H,2-3,9,17H2,1H3. The van der Waals surface area contributed by atoms with Crippen LogP contribution in [-0.2, 0) is 13.0 Å². The summed E-state index contributed by atoms with van der Waals surface area (Å²) in [5, 5.41) is 8.78. The van der Waals surface area contributed by atoms with Crippen molar-refractivity contribution >= 4 is 17.1 Å². The van der Waals surface area contributed by atoms with Crippen molar-refractivity contribution in [1.29, 1.82) is 0 Å². The van der Waals surface area contributed by atoms with E-state index in [4.69, 9.17) is 20.8 Å². The number of benzene rings is 2. The quantitative estimate of drug-likeness (QED) is 0.261. The molecular formula is C26H23ClN4O2. The van der Waals surface area contributed by atoms with Gasteiger partial charge in [-0.15, -0.1) is 10.2 Å². The molecule has 0 saturated heterocycles. The maximum absolute atomic E-state index is 6.37. The number of aryl methyl sites for hydroxylation is 1. The van der Waals surface area contributed by atoms with E-state index in [0.717, 1.165) is 47.5 Å². The molecule has 0 aliphatic carbocycles. The molecule has 2 aromatic carbocycles. The lowest BCUT2D eigenvalue weighted by Gasteiger charge is -2.05. The lowest BCUT2D eigenvalue weighted by Crippen LogP contribution is -1.95. The first kappa shape index (κ1) is 21.2. The molecule has 3 heterocycles. The third-order valence-electron chi connectivity index (χ3n) is 5.46. The summed E-state index contributed by atoms with van der Waals surface area (Å²) in [5.74, 6) is 2.52. The summed E-state index contributed by atoms with van der Waals surface area (Å²) >= 11 is 6.37. The summed E-state index contributed by atoms with van der Waals surface area (Å²) < 4.78 is 13.7. The van der Waals surface area contributed by atoms with Gasteiger partial charge in [0.15, 0.2) is 11.8 Å². The number of nitrogens with zero attached hydrogens (tertiary/aromatic N) is 4. The molecule has 0 saturated carbocycles. The van der Waals surface area contributed by atoms with Crippen molar-refractivity contribution in [3.63, 3.8) is 0 Å². The van der Waals surface area contributed by atoms with Crippen molar-refractivity contribution in [3.8, 4) is 28.3 Å². The molecule has 6 nitrogen and oxygen atoms in total. The minimum atomic E-state index is 0.189. The average Bonchev–Trinajstić information content (AvgIpc) is 3.46. The molecule has 0 fully saturated rings. The van der Waals surface area contributed by atoms with E-state index in [-0.39, 0.29) is 6.61 Å². The van der Waals surface area contributed by atoms with Gasteiger partial charge in [0.05, 0.1) is 5.52 Å². The Morgan fingerprint density at radius 2 is 1.73 bits per heavy atom. The zero-order valence-corrected chi connectivity index (χ0v) is 19.0. The second-order valence-electron chi connectivity index (χ2n) is 7.77. The van der Waals surface area contributed by atoms with Crippen LogP contribution in [0.25, 0.3) is 28.1 Å². The first-order chi connectivity index (χ1) is 16.2. The number of imidazole rings is 1. The first-order valence-corrected chi connectivity index (χ1v) is 11.4. The van der Waals surface area contributed by atoms with Gasteiger partial charge in [-0.25, -0.2) is 4.98 Å². The van der Waals surface area contributed by atoms with Gasteiger partial charge in [0.25, 0.3) is 5.89 Å². The van der Waals surface area contributed by atoms with Crippen LogP contribution in [0.5, 0.6) is 5.75 Å². The van der Waals surface area contributed by atoms with Crippen LogP contribution >= 0.6 is 11.6 Å². The lowest BCUT2D eigenvalue weighted by atomic mass is 10.1. The third kappa shape index (κ3) is 4.61. The van der Waals surface area contributed by atoms with Crippen LogP contribution < -0.4 is 4.74 Å². The van der Waals surface area contributed by atoms with Crippen LogP contribution in [0.15, 0.2) is 77.3 Å². The summed E-state index contributed by atoms with van der Waals surface area (Å²) in [6.07, 6.45) is 5.01. The number of hydrogen-bond donors (Lipinski definition) is 0. The zero-order valence-electron chi connectivity index (χ0n) is 18.2. The van der Waals surface area contributed by atoms with Gasteiger partial charge in [-0.1, -0.05) is 67.4 Å². The minimum absolute atomic E-state index is 0.189. The number of ether oxygens (including phenoxy) is 1. The summed E-state index contributed by atoms with van der Waals surface area (Å²) in [4.78, 5) is 4.50. The van der Waals surface area contributed by atoms with Gasteiger partial charge in [-0.3, -0.25) is 0 Å². The molecule has 33 heavy (non-hydrogen) atoms. The minimum Gasteiger partial charge on any atom is -0.484 e. The normalized spacial score (nSPS) is 11.2. The monoisotopic (exact) mass is 458 g/mol. The Bertz CT molecular complexity index is 1360. The van der Waals surface area contributed by atoms with Crippen molar-refractivity contribution in [2.24, 2.45) is 0 Å². The van der Waals surface area contributed by atoms with E-state index in [1.807, 2.05) is 65.2 Å². The summed E-state index contributed by atoms with van der Waals surface area (Å²) in [7, 11) is 0. The average molecular weight is 459 g/mol. The van der Waals surface area contributed by atoms with Gasteiger partial charge >= 0.3 is 0 Å². The number of fused-ring (bicyclic) bond motifs is 1. The number of rotatable bonds is 8. The van der Waals surface area contributed by atoms with Gasteiger partial charge in [0.2, 0.25) is 5.89 Å². The Balaban J connectivity index is 1.27.